The number of hydrogen-bond acceptors (Lipinski definition) is 5. The third-order valence-corrected chi connectivity index (χ3v) is 5.73. The Kier molecular flexibility index (Phi) is 6.87. The SMILES string of the molecule is Cc1cnc(Cc2cnc(C(C)(N)CCCN(C)C(=O)NO)c3ccccc23)c(C)c1. The quantitative estimate of drug-likeness (QED) is 0.397. The molecule has 0 spiro atoms. The lowest BCUT2D eigenvalue weighted by molar-refractivity contribution is 0.135. The van der Waals surface area contributed by atoms with Crippen LogP contribution >= 0.6 is 0 Å². The van der Waals surface area contributed by atoms with Crippen LogP contribution in [0.1, 0.15) is 47.8 Å². The van der Waals surface area contributed by atoms with Gasteiger partial charge < -0.3 is 10.6 Å². The summed E-state index contributed by atoms with van der Waals surface area (Å²) in [6, 6.07) is 9.81. The molecule has 31 heavy (non-hydrogen) atoms. The first-order chi connectivity index (χ1) is 14.7. The van der Waals surface area contributed by atoms with Crippen LogP contribution < -0.4 is 11.2 Å². The maximum Gasteiger partial charge on any atom is 0.340 e. The summed E-state index contributed by atoms with van der Waals surface area (Å²) in [7, 11) is 1.63. The van der Waals surface area contributed by atoms with Crippen LogP contribution in [0.2, 0.25) is 0 Å². The first-order valence-corrected chi connectivity index (χ1v) is 10.5. The van der Waals surface area contributed by atoms with E-state index in [1.165, 1.54) is 10.5 Å². The van der Waals surface area contributed by atoms with Crippen LogP contribution in [-0.2, 0) is 12.0 Å². The fourth-order valence-corrected chi connectivity index (χ4v) is 3.95. The largest absolute Gasteiger partial charge is 0.340 e. The monoisotopic (exact) mass is 421 g/mol. The van der Waals surface area contributed by atoms with Crippen molar-refractivity contribution in [3.05, 3.63) is 70.8 Å². The first-order valence-electron chi connectivity index (χ1n) is 10.5. The number of hydrogen-bond donors (Lipinski definition) is 3. The summed E-state index contributed by atoms with van der Waals surface area (Å²) in [6.07, 6.45) is 5.85. The van der Waals surface area contributed by atoms with Gasteiger partial charge in [0.1, 0.15) is 0 Å². The van der Waals surface area contributed by atoms with E-state index < -0.39 is 11.6 Å². The third-order valence-electron chi connectivity index (χ3n) is 5.73. The molecular weight excluding hydrogens is 390 g/mol. The Balaban J connectivity index is 1.87. The van der Waals surface area contributed by atoms with E-state index in [-0.39, 0.29) is 0 Å². The van der Waals surface area contributed by atoms with Crippen LogP contribution in [0.5, 0.6) is 0 Å². The molecule has 7 nitrogen and oxygen atoms in total. The zero-order valence-electron chi connectivity index (χ0n) is 18.6. The second-order valence-electron chi connectivity index (χ2n) is 8.49. The van der Waals surface area contributed by atoms with Crippen LogP contribution in [-0.4, -0.2) is 39.7 Å². The van der Waals surface area contributed by atoms with Crippen LogP contribution in [0.25, 0.3) is 10.8 Å². The summed E-state index contributed by atoms with van der Waals surface area (Å²) in [5.41, 5.74) is 13.0. The standard InChI is InChI=1S/C24H31N5O2/c1-16-12-17(2)21(26-14-16)13-18-15-27-22(20-9-6-5-8-19(18)20)24(3,25)10-7-11-29(4)23(30)28-31/h5-6,8-9,12,14-15,31H,7,10-11,13,25H2,1-4H3,(H,28,30). The fraction of sp³-hybridized carbons (Fsp3) is 0.375. The normalized spacial score (nSPS) is 13.1. The lowest BCUT2D eigenvalue weighted by Gasteiger charge is -2.27. The lowest BCUT2D eigenvalue weighted by Crippen LogP contribution is -2.38. The molecule has 1 aromatic carbocycles. The van der Waals surface area contributed by atoms with E-state index in [0.29, 0.717) is 25.8 Å². The molecule has 1 unspecified atom stereocenters. The molecule has 2 heterocycles. The number of carbonyl (C=O) groups is 1. The Bertz CT molecular complexity index is 1080. The van der Waals surface area contributed by atoms with Gasteiger partial charge in [0.05, 0.1) is 11.2 Å². The van der Waals surface area contributed by atoms with Crippen molar-refractivity contribution >= 4 is 16.8 Å². The number of carbonyl (C=O) groups excluding carboxylic acids is 1. The second kappa shape index (κ2) is 9.41. The summed E-state index contributed by atoms with van der Waals surface area (Å²) >= 11 is 0. The van der Waals surface area contributed by atoms with E-state index >= 15 is 0 Å². The van der Waals surface area contributed by atoms with Gasteiger partial charge in [-0.25, -0.2) is 10.3 Å². The number of aromatic nitrogens is 2. The minimum Gasteiger partial charge on any atom is -0.326 e. The van der Waals surface area contributed by atoms with Crippen LogP contribution in [0.3, 0.4) is 0 Å². The zero-order valence-corrected chi connectivity index (χ0v) is 18.6. The van der Waals surface area contributed by atoms with Crippen LogP contribution in [0.15, 0.2) is 42.7 Å². The van der Waals surface area contributed by atoms with E-state index in [0.717, 1.165) is 33.3 Å². The number of urea groups is 1. The predicted molar refractivity (Wildman–Crippen MR) is 122 cm³/mol. The van der Waals surface area contributed by atoms with E-state index in [1.807, 2.05) is 38.4 Å². The summed E-state index contributed by atoms with van der Waals surface area (Å²) < 4.78 is 0. The number of fused-ring (bicyclic) bond motifs is 1. The molecule has 4 N–H and O–H groups in total. The minimum atomic E-state index is -0.660. The number of hydroxylamine groups is 1. The Morgan fingerprint density at radius 1 is 1.19 bits per heavy atom. The first kappa shape index (κ1) is 22.7. The van der Waals surface area contributed by atoms with Crippen LogP contribution in [0, 0.1) is 13.8 Å². The average Bonchev–Trinajstić information content (AvgIpc) is 2.74. The van der Waals surface area contributed by atoms with Gasteiger partial charge >= 0.3 is 6.03 Å². The molecule has 0 saturated heterocycles. The zero-order chi connectivity index (χ0) is 22.6. The van der Waals surface area contributed by atoms with E-state index in [2.05, 4.69) is 30.1 Å². The molecule has 7 heteroatoms. The molecule has 0 fully saturated rings. The van der Waals surface area contributed by atoms with E-state index in [4.69, 9.17) is 15.9 Å². The highest BCUT2D eigenvalue weighted by Crippen LogP contribution is 2.31. The number of nitrogens with two attached hydrogens (primary N) is 1. The molecule has 0 aliphatic carbocycles. The van der Waals surface area contributed by atoms with E-state index in [9.17, 15) is 4.79 Å². The predicted octanol–water partition coefficient (Wildman–Crippen LogP) is 3.82. The van der Waals surface area contributed by atoms with Crippen molar-refractivity contribution in [3.8, 4) is 0 Å². The van der Waals surface area contributed by atoms with Gasteiger partial charge in [0.2, 0.25) is 0 Å². The maximum atomic E-state index is 11.5. The summed E-state index contributed by atoms with van der Waals surface area (Å²) in [4.78, 5) is 22.3. The number of nitrogens with one attached hydrogen (secondary N) is 1. The third kappa shape index (κ3) is 5.18. The van der Waals surface area contributed by atoms with Gasteiger partial charge in [-0.2, -0.15) is 0 Å². The lowest BCUT2D eigenvalue weighted by atomic mass is 9.88. The molecule has 3 rings (SSSR count). The van der Waals surface area contributed by atoms with Crippen molar-refractivity contribution in [1.29, 1.82) is 0 Å². The average molecular weight is 422 g/mol. The van der Waals surface area contributed by atoms with Gasteiger partial charge in [-0.05, 0) is 55.7 Å². The molecule has 0 saturated carbocycles. The van der Waals surface area contributed by atoms with Crippen molar-refractivity contribution < 1.29 is 10.0 Å². The molecule has 0 bridgehead atoms. The van der Waals surface area contributed by atoms with Crippen molar-refractivity contribution in [2.45, 2.75) is 45.6 Å². The Morgan fingerprint density at radius 3 is 2.58 bits per heavy atom. The summed E-state index contributed by atoms with van der Waals surface area (Å²) in [6.45, 7) is 6.59. The van der Waals surface area contributed by atoms with Crippen molar-refractivity contribution in [3.63, 3.8) is 0 Å². The molecule has 1 atom stereocenters. The van der Waals surface area contributed by atoms with Gasteiger partial charge in [-0.15, -0.1) is 0 Å². The van der Waals surface area contributed by atoms with Crippen LogP contribution in [0.4, 0.5) is 4.79 Å². The summed E-state index contributed by atoms with van der Waals surface area (Å²) in [5, 5.41) is 10.9. The highest BCUT2D eigenvalue weighted by molar-refractivity contribution is 5.88. The number of aryl methyl sites for hydroxylation is 2. The topological polar surface area (TPSA) is 104 Å². The molecular formula is C24H31N5O2. The van der Waals surface area contributed by atoms with Crippen molar-refractivity contribution in [1.82, 2.24) is 20.3 Å². The number of rotatable bonds is 7. The number of nitrogens with zero attached hydrogens (tertiary/aromatic N) is 3. The molecule has 0 radical (unpaired) electrons. The van der Waals surface area contributed by atoms with Gasteiger partial charge in [0, 0.05) is 43.5 Å². The Labute approximate surface area is 183 Å². The fourth-order valence-electron chi connectivity index (χ4n) is 3.95. The summed E-state index contributed by atoms with van der Waals surface area (Å²) in [5.74, 6) is 0. The van der Waals surface area contributed by atoms with Gasteiger partial charge in [0.25, 0.3) is 0 Å². The van der Waals surface area contributed by atoms with Crippen molar-refractivity contribution in [2.24, 2.45) is 5.73 Å². The Hall–Kier alpha value is -3.03. The van der Waals surface area contributed by atoms with Gasteiger partial charge in [-0.1, -0.05) is 30.3 Å². The van der Waals surface area contributed by atoms with E-state index in [1.54, 1.807) is 12.5 Å². The molecule has 0 aliphatic heterocycles. The molecule has 0 aliphatic rings. The van der Waals surface area contributed by atoms with Crippen molar-refractivity contribution in [2.75, 3.05) is 13.6 Å². The minimum absolute atomic E-state index is 0.480. The maximum absolute atomic E-state index is 11.5. The van der Waals surface area contributed by atoms with Gasteiger partial charge in [-0.3, -0.25) is 15.2 Å². The second-order valence-corrected chi connectivity index (χ2v) is 8.49. The van der Waals surface area contributed by atoms with Gasteiger partial charge in [0.15, 0.2) is 0 Å². The number of pyridine rings is 2. The molecule has 164 valence electrons. The Morgan fingerprint density at radius 2 is 1.90 bits per heavy atom. The molecule has 2 aromatic heterocycles. The molecule has 3 aromatic rings. The highest BCUT2D eigenvalue weighted by atomic mass is 16.5. The number of benzene rings is 1. The smallest absolute Gasteiger partial charge is 0.326 e. The molecule has 2 amide bonds. The highest BCUT2D eigenvalue weighted by Gasteiger charge is 2.26. The number of amides is 2.